The second kappa shape index (κ2) is 10.2. The minimum atomic E-state index is -0.652. The summed E-state index contributed by atoms with van der Waals surface area (Å²) in [6, 6.07) is 23.9. The van der Waals surface area contributed by atoms with E-state index >= 15 is 0 Å². The monoisotopic (exact) mass is 434 g/mol. The standard InChI is InChI=1S/C27H22N4O2/c1-19(28)27(32)31-26-15-13-24(25(30-26)14-12-20-8-4-2-5-9-20)21-16-23(18-29-17-21)33-22-10-6-3-7-11-22/h2-11,13,15-19H,28H2,1H3,(H,30,31,32). The molecule has 1 unspecified atom stereocenters. The predicted molar refractivity (Wildman–Crippen MR) is 129 cm³/mol. The molecular weight excluding hydrogens is 412 g/mol. The van der Waals surface area contributed by atoms with Gasteiger partial charge in [0.1, 0.15) is 23.0 Å². The van der Waals surface area contributed by atoms with Crippen LogP contribution < -0.4 is 15.8 Å². The molecular formula is C27H22N4O2. The van der Waals surface area contributed by atoms with Crippen LogP contribution in [-0.2, 0) is 4.79 Å². The topological polar surface area (TPSA) is 90.1 Å². The summed E-state index contributed by atoms with van der Waals surface area (Å²) in [6.07, 6.45) is 3.37. The van der Waals surface area contributed by atoms with Gasteiger partial charge >= 0.3 is 0 Å². The first-order valence-electron chi connectivity index (χ1n) is 10.4. The molecule has 1 amide bonds. The second-order valence-corrected chi connectivity index (χ2v) is 7.31. The fourth-order valence-corrected chi connectivity index (χ4v) is 3.00. The molecule has 0 bridgehead atoms. The number of rotatable bonds is 5. The minimum absolute atomic E-state index is 0.322. The van der Waals surface area contributed by atoms with Gasteiger partial charge in [-0.05, 0) is 55.3 Å². The van der Waals surface area contributed by atoms with Crippen LogP contribution >= 0.6 is 0 Å². The van der Waals surface area contributed by atoms with Gasteiger partial charge in [0.05, 0.1) is 12.2 Å². The van der Waals surface area contributed by atoms with E-state index in [0.717, 1.165) is 16.7 Å². The van der Waals surface area contributed by atoms with Crippen molar-refractivity contribution in [2.75, 3.05) is 5.32 Å². The Morgan fingerprint density at radius 3 is 2.39 bits per heavy atom. The molecule has 6 heteroatoms. The quantitative estimate of drug-likeness (QED) is 0.447. The lowest BCUT2D eigenvalue weighted by Gasteiger charge is -2.11. The lowest BCUT2D eigenvalue weighted by atomic mass is 10.1. The number of nitrogens with zero attached hydrogens (tertiary/aromatic N) is 2. The first kappa shape index (κ1) is 21.8. The fraction of sp³-hybridized carbons (Fsp3) is 0.0741. The molecule has 0 aliphatic carbocycles. The highest BCUT2D eigenvalue weighted by atomic mass is 16.5. The second-order valence-electron chi connectivity index (χ2n) is 7.31. The predicted octanol–water partition coefficient (Wildman–Crippen LogP) is 4.62. The molecule has 4 rings (SSSR count). The number of amides is 1. The number of carbonyl (C=O) groups excluding carboxylic acids is 1. The van der Waals surface area contributed by atoms with E-state index in [2.05, 4.69) is 27.1 Å². The average Bonchev–Trinajstić information content (AvgIpc) is 2.84. The number of anilines is 1. The number of para-hydroxylation sites is 1. The van der Waals surface area contributed by atoms with Crippen molar-refractivity contribution in [1.29, 1.82) is 0 Å². The van der Waals surface area contributed by atoms with Crippen LogP contribution in [0.15, 0.2) is 91.3 Å². The van der Waals surface area contributed by atoms with Crippen molar-refractivity contribution >= 4 is 11.7 Å². The van der Waals surface area contributed by atoms with E-state index in [9.17, 15) is 4.79 Å². The summed E-state index contributed by atoms with van der Waals surface area (Å²) in [7, 11) is 0. The van der Waals surface area contributed by atoms with Gasteiger partial charge in [-0.25, -0.2) is 4.98 Å². The normalized spacial score (nSPS) is 11.1. The highest BCUT2D eigenvalue weighted by molar-refractivity contribution is 5.93. The summed E-state index contributed by atoms with van der Waals surface area (Å²) >= 11 is 0. The van der Waals surface area contributed by atoms with Crippen LogP contribution in [0.4, 0.5) is 5.82 Å². The molecule has 4 aromatic rings. The number of nitrogens with one attached hydrogen (secondary N) is 1. The van der Waals surface area contributed by atoms with Gasteiger partial charge in [0, 0.05) is 22.9 Å². The zero-order chi connectivity index (χ0) is 23.0. The number of benzene rings is 2. The lowest BCUT2D eigenvalue weighted by molar-refractivity contribution is -0.117. The summed E-state index contributed by atoms with van der Waals surface area (Å²) in [5.74, 6) is 7.62. The molecule has 0 fully saturated rings. The molecule has 33 heavy (non-hydrogen) atoms. The molecule has 0 aliphatic heterocycles. The first-order chi connectivity index (χ1) is 16.1. The Hall–Kier alpha value is -4.47. The van der Waals surface area contributed by atoms with Gasteiger partial charge < -0.3 is 15.8 Å². The van der Waals surface area contributed by atoms with Gasteiger partial charge in [-0.3, -0.25) is 9.78 Å². The largest absolute Gasteiger partial charge is 0.456 e. The molecule has 3 N–H and O–H groups in total. The third kappa shape index (κ3) is 5.82. The number of pyridine rings is 2. The molecule has 0 aliphatic rings. The molecule has 2 aromatic carbocycles. The highest BCUT2D eigenvalue weighted by Gasteiger charge is 2.12. The minimum Gasteiger partial charge on any atom is -0.456 e. The molecule has 2 heterocycles. The number of nitrogens with two attached hydrogens (primary N) is 1. The Kier molecular flexibility index (Phi) is 6.74. The molecule has 2 aromatic heterocycles. The van der Waals surface area contributed by atoms with E-state index in [4.69, 9.17) is 10.5 Å². The van der Waals surface area contributed by atoms with Crippen molar-refractivity contribution in [3.63, 3.8) is 0 Å². The lowest BCUT2D eigenvalue weighted by Crippen LogP contribution is -2.32. The third-order valence-electron chi connectivity index (χ3n) is 4.66. The summed E-state index contributed by atoms with van der Waals surface area (Å²) < 4.78 is 5.92. The molecule has 0 radical (unpaired) electrons. The van der Waals surface area contributed by atoms with E-state index in [0.29, 0.717) is 23.0 Å². The fourth-order valence-electron chi connectivity index (χ4n) is 3.00. The van der Waals surface area contributed by atoms with Gasteiger partial charge in [0.15, 0.2) is 0 Å². The van der Waals surface area contributed by atoms with Crippen molar-refractivity contribution in [2.24, 2.45) is 5.73 Å². The van der Waals surface area contributed by atoms with Crippen molar-refractivity contribution in [1.82, 2.24) is 9.97 Å². The number of aromatic nitrogens is 2. The Labute approximate surface area is 192 Å². The van der Waals surface area contributed by atoms with Gasteiger partial charge in [-0.2, -0.15) is 0 Å². The Bertz CT molecular complexity index is 1310. The van der Waals surface area contributed by atoms with Crippen molar-refractivity contribution in [2.45, 2.75) is 13.0 Å². The van der Waals surface area contributed by atoms with Crippen LogP contribution in [0.25, 0.3) is 11.1 Å². The number of carbonyl (C=O) groups is 1. The highest BCUT2D eigenvalue weighted by Crippen LogP contribution is 2.28. The van der Waals surface area contributed by atoms with Crippen molar-refractivity contribution in [3.05, 3.63) is 103 Å². The Morgan fingerprint density at radius 2 is 1.67 bits per heavy atom. The van der Waals surface area contributed by atoms with Crippen LogP contribution in [0.3, 0.4) is 0 Å². The maximum absolute atomic E-state index is 12.0. The van der Waals surface area contributed by atoms with E-state index in [1.54, 1.807) is 25.4 Å². The van der Waals surface area contributed by atoms with Crippen LogP contribution in [0.2, 0.25) is 0 Å². The Balaban J connectivity index is 1.71. The number of hydrogen-bond donors (Lipinski definition) is 2. The molecule has 0 saturated heterocycles. The van der Waals surface area contributed by atoms with Gasteiger partial charge in [-0.15, -0.1) is 0 Å². The van der Waals surface area contributed by atoms with Gasteiger partial charge in [0.2, 0.25) is 5.91 Å². The third-order valence-corrected chi connectivity index (χ3v) is 4.66. The SMILES string of the molecule is CC(N)C(=O)Nc1ccc(-c2cncc(Oc3ccccc3)c2)c(C#Cc2ccccc2)n1. The zero-order valence-electron chi connectivity index (χ0n) is 18.0. The average molecular weight is 434 g/mol. The number of hydrogen-bond acceptors (Lipinski definition) is 5. The van der Waals surface area contributed by atoms with Gasteiger partial charge in [0.25, 0.3) is 0 Å². The van der Waals surface area contributed by atoms with E-state index < -0.39 is 6.04 Å². The van der Waals surface area contributed by atoms with Crippen LogP contribution in [0.1, 0.15) is 18.2 Å². The maximum Gasteiger partial charge on any atom is 0.242 e. The molecule has 6 nitrogen and oxygen atoms in total. The van der Waals surface area contributed by atoms with E-state index in [1.165, 1.54) is 0 Å². The van der Waals surface area contributed by atoms with E-state index in [-0.39, 0.29) is 5.91 Å². The summed E-state index contributed by atoms with van der Waals surface area (Å²) in [6.45, 7) is 1.61. The van der Waals surface area contributed by atoms with Crippen molar-refractivity contribution in [3.8, 4) is 34.5 Å². The zero-order valence-corrected chi connectivity index (χ0v) is 18.0. The van der Waals surface area contributed by atoms with Crippen LogP contribution in [0.5, 0.6) is 11.5 Å². The first-order valence-corrected chi connectivity index (χ1v) is 10.4. The molecule has 1 atom stereocenters. The summed E-state index contributed by atoms with van der Waals surface area (Å²) in [4.78, 5) is 20.9. The van der Waals surface area contributed by atoms with Crippen molar-refractivity contribution < 1.29 is 9.53 Å². The smallest absolute Gasteiger partial charge is 0.242 e. The summed E-state index contributed by atoms with van der Waals surface area (Å²) in [5.41, 5.74) is 8.58. The molecule has 0 spiro atoms. The molecule has 162 valence electrons. The van der Waals surface area contributed by atoms with E-state index in [1.807, 2.05) is 72.8 Å². The number of ether oxygens (including phenoxy) is 1. The van der Waals surface area contributed by atoms with Gasteiger partial charge in [-0.1, -0.05) is 42.3 Å². The maximum atomic E-state index is 12.0. The van der Waals surface area contributed by atoms with Crippen LogP contribution in [0, 0.1) is 11.8 Å². The van der Waals surface area contributed by atoms with Crippen LogP contribution in [-0.4, -0.2) is 21.9 Å². The summed E-state index contributed by atoms with van der Waals surface area (Å²) in [5, 5.41) is 2.72. The Morgan fingerprint density at radius 1 is 0.939 bits per heavy atom. The molecule has 0 saturated carbocycles.